The Hall–Kier alpha value is -1.59. The average molecular weight is 189 g/mol. The molecule has 0 fully saturated rings. The minimum atomic E-state index is -4.40. The summed E-state index contributed by atoms with van der Waals surface area (Å²) in [5.41, 5.74) is 4.20. The van der Waals surface area contributed by atoms with Gasteiger partial charge < -0.3 is 5.73 Å². The molecule has 0 aliphatic heterocycles. The number of nitrogens with zero attached hydrogens (tertiary/aromatic N) is 1. The normalized spacial score (nSPS) is 11.3. The summed E-state index contributed by atoms with van der Waals surface area (Å²) in [7, 11) is 0. The Morgan fingerprint density at radius 1 is 1.38 bits per heavy atom. The highest BCUT2D eigenvalue weighted by molar-refractivity contribution is 5.92. The zero-order valence-electron chi connectivity index (χ0n) is 6.39. The molecule has 0 saturated heterocycles. The van der Waals surface area contributed by atoms with E-state index in [9.17, 15) is 13.2 Å². The third-order valence-electron chi connectivity index (χ3n) is 1.37. The van der Waals surface area contributed by atoms with E-state index in [0.29, 0.717) is 6.20 Å². The molecule has 13 heavy (non-hydrogen) atoms. The van der Waals surface area contributed by atoms with E-state index in [1.807, 2.05) is 0 Å². The lowest BCUT2D eigenvalue weighted by atomic mass is 10.2. The number of halogens is 3. The topological polar surface area (TPSA) is 62.8 Å². The molecule has 0 spiro atoms. The van der Waals surface area contributed by atoms with Crippen LogP contribution < -0.4 is 5.73 Å². The highest BCUT2D eigenvalue weighted by atomic mass is 19.4. The first-order chi connectivity index (χ1) is 5.91. The molecule has 0 bridgehead atoms. The number of hydrogen-bond donors (Lipinski definition) is 2. The predicted octanol–water partition coefficient (Wildman–Crippen LogP) is 1.38. The molecule has 0 aliphatic carbocycles. The van der Waals surface area contributed by atoms with Crippen LogP contribution in [0.25, 0.3) is 0 Å². The van der Waals surface area contributed by atoms with Gasteiger partial charge in [0.05, 0.1) is 5.56 Å². The SMILES string of the molecule is N=C(N)c1ccc(C(F)(F)F)cn1. The van der Waals surface area contributed by atoms with Crippen LogP contribution in [0.5, 0.6) is 0 Å². The summed E-state index contributed by atoms with van der Waals surface area (Å²) in [6.07, 6.45) is -3.75. The highest BCUT2D eigenvalue weighted by Crippen LogP contribution is 2.28. The number of nitrogens with one attached hydrogen (secondary N) is 1. The van der Waals surface area contributed by atoms with Gasteiger partial charge in [0.25, 0.3) is 0 Å². The molecule has 0 aromatic carbocycles. The Labute approximate surface area is 71.9 Å². The summed E-state index contributed by atoms with van der Waals surface area (Å²) >= 11 is 0. The van der Waals surface area contributed by atoms with Gasteiger partial charge in [-0.15, -0.1) is 0 Å². The van der Waals surface area contributed by atoms with E-state index in [-0.39, 0.29) is 11.5 Å². The Bertz CT molecular complexity index is 315. The standard InChI is InChI=1S/C7H6F3N3/c8-7(9,10)4-1-2-5(6(11)12)13-3-4/h1-3H,(H3,11,12). The minimum Gasteiger partial charge on any atom is -0.382 e. The molecule has 1 aromatic rings. The molecule has 1 aromatic heterocycles. The van der Waals surface area contributed by atoms with Crippen LogP contribution in [0.3, 0.4) is 0 Å². The largest absolute Gasteiger partial charge is 0.417 e. The van der Waals surface area contributed by atoms with Crippen molar-refractivity contribution in [2.75, 3.05) is 0 Å². The van der Waals surface area contributed by atoms with Gasteiger partial charge >= 0.3 is 6.18 Å². The number of nitrogens with two attached hydrogens (primary N) is 1. The van der Waals surface area contributed by atoms with Gasteiger partial charge in [-0.1, -0.05) is 0 Å². The van der Waals surface area contributed by atoms with Crippen LogP contribution in [0.15, 0.2) is 18.3 Å². The molecule has 6 heteroatoms. The van der Waals surface area contributed by atoms with Crippen LogP contribution in [-0.4, -0.2) is 10.8 Å². The van der Waals surface area contributed by atoms with Crippen LogP contribution in [0.2, 0.25) is 0 Å². The Morgan fingerprint density at radius 3 is 2.31 bits per heavy atom. The van der Waals surface area contributed by atoms with Gasteiger partial charge in [0.15, 0.2) is 0 Å². The Morgan fingerprint density at radius 2 is 2.00 bits per heavy atom. The lowest BCUT2D eigenvalue weighted by Crippen LogP contribution is -2.14. The van der Waals surface area contributed by atoms with Gasteiger partial charge in [0, 0.05) is 6.20 Å². The minimum absolute atomic E-state index is 0.0352. The number of rotatable bonds is 1. The van der Waals surface area contributed by atoms with Gasteiger partial charge in [0.2, 0.25) is 0 Å². The highest BCUT2D eigenvalue weighted by Gasteiger charge is 2.30. The third kappa shape index (κ3) is 2.17. The third-order valence-corrected chi connectivity index (χ3v) is 1.37. The second kappa shape index (κ2) is 3.04. The van der Waals surface area contributed by atoms with Crippen molar-refractivity contribution in [1.29, 1.82) is 5.41 Å². The van der Waals surface area contributed by atoms with Crippen molar-refractivity contribution in [2.45, 2.75) is 6.18 Å². The molecular formula is C7H6F3N3. The van der Waals surface area contributed by atoms with Gasteiger partial charge in [-0.2, -0.15) is 13.2 Å². The van der Waals surface area contributed by atoms with Gasteiger partial charge in [-0.25, -0.2) is 0 Å². The molecule has 3 N–H and O–H groups in total. The van der Waals surface area contributed by atoms with E-state index >= 15 is 0 Å². The maximum Gasteiger partial charge on any atom is 0.417 e. The number of nitrogen functional groups attached to an aromatic ring is 1. The first-order valence-electron chi connectivity index (χ1n) is 3.29. The van der Waals surface area contributed by atoms with E-state index in [1.165, 1.54) is 0 Å². The molecule has 1 heterocycles. The molecular weight excluding hydrogens is 183 g/mol. The van der Waals surface area contributed by atoms with Crippen molar-refractivity contribution in [2.24, 2.45) is 5.73 Å². The zero-order chi connectivity index (χ0) is 10.1. The molecule has 0 radical (unpaired) electrons. The molecule has 0 aliphatic rings. The second-order valence-electron chi connectivity index (χ2n) is 2.34. The van der Waals surface area contributed by atoms with Crippen molar-refractivity contribution in [3.05, 3.63) is 29.6 Å². The number of amidine groups is 1. The van der Waals surface area contributed by atoms with Crippen molar-refractivity contribution in [1.82, 2.24) is 4.98 Å². The molecule has 0 amide bonds. The summed E-state index contributed by atoms with van der Waals surface area (Å²) in [4.78, 5) is 3.38. The average Bonchev–Trinajstić information content (AvgIpc) is 2.03. The summed E-state index contributed by atoms with van der Waals surface area (Å²) < 4.78 is 36.0. The summed E-state index contributed by atoms with van der Waals surface area (Å²) in [6.45, 7) is 0. The monoisotopic (exact) mass is 189 g/mol. The van der Waals surface area contributed by atoms with Crippen molar-refractivity contribution in [3.8, 4) is 0 Å². The molecule has 0 saturated carbocycles. The van der Waals surface area contributed by atoms with Crippen LogP contribution >= 0.6 is 0 Å². The summed E-state index contributed by atoms with van der Waals surface area (Å²) in [5.74, 6) is -0.353. The fourth-order valence-corrected chi connectivity index (χ4v) is 0.721. The van der Waals surface area contributed by atoms with Crippen molar-refractivity contribution in [3.63, 3.8) is 0 Å². The number of hydrogen-bond acceptors (Lipinski definition) is 2. The lowest BCUT2D eigenvalue weighted by molar-refractivity contribution is -0.137. The number of alkyl halides is 3. The van der Waals surface area contributed by atoms with Crippen LogP contribution in [0.4, 0.5) is 13.2 Å². The van der Waals surface area contributed by atoms with Crippen LogP contribution in [-0.2, 0) is 6.18 Å². The van der Waals surface area contributed by atoms with Gasteiger partial charge in [-0.3, -0.25) is 10.4 Å². The van der Waals surface area contributed by atoms with E-state index in [0.717, 1.165) is 12.1 Å². The first-order valence-corrected chi connectivity index (χ1v) is 3.29. The summed E-state index contributed by atoms with van der Waals surface area (Å²) in [5, 5.41) is 6.90. The Kier molecular flexibility index (Phi) is 2.22. The van der Waals surface area contributed by atoms with Gasteiger partial charge in [-0.05, 0) is 12.1 Å². The van der Waals surface area contributed by atoms with E-state index in [1.54, 1.807) is 0 Å². The number of pyridine rings is 1. The smallest absolute Gasteiger partial charge is 0.382 e. The quantitative estimate of drug-likeness (QED) is 0.517. The van der Waals surface area contributed by atoms with Crippen molar-refractivity contribution < 1.29 is 13.2 Å². The molecule has 1 rings (SSSR count). The fraction of sp³-hybridized carbons (Fsp3) is 0.143. The maximum absolute atomic E-state index is 12.0. The molecule has 0 unspecified atom stereocenters. The van der Waals surface area contributed by atoms with Crippen LogP contribution in [0.1, 0.15) is 11.3 Å². The molecule has 0 atom stereocenters. The molecule has 70 valence electrons. The van der Waals surface area contributed by atoms with Crippen molar-refractivity contribution >= 4 is 5.84 Å². The number of aromatic nitrogens is 1. The van der Waals surface area contributed by atoms with E-state index in [4.69, 9.17) is 11.1 Å². The lowest BCUT2D eigenvalue weighted by Gasteiger charge is -2.05. The fourth-order valence-electron chi connectivity index (χ4n) is 0.721. The second-order valence-corrected chi connectivity index (χ2v) is 2.34. The summed E-state index contributed by atoms with van der Waals surface area (Å²) in [6, 6.07) is 1.90. The zero-order valence-corrected chi connectivity index (χ0v) is 6.39. The van der Waals surface area contributed by atoms with Crippen LogP contribution in [0, 0.1) is 5.41 Å². The molecule has 3 nitrogen and oxygen atoms in total. The Balaban J connectivity index is 3.01. The van der Waals surface area contributed by atoms with Gasteiger partial charge in [0.1, 0.15) is 11.5 Å². The predicted molar refractivity (Wildman–Crippen MR) is 40.3 cm³/mol. The maximum atomic E-state index is 12.0. The first kappa shape index (κ1) is 9.50. The van der Waals surface area contributed by atoms with E-state index in [2.05, 4.69) is 4.98 Å². The van der Waals surface area contributed by atoms with E-state index < -0.39 is 11.7 Å².